The number of nitrogens with one attached hydrogen (secondary N) is 1. The van der Waals surface area contributed by atoms with Crippen molar-refractivity contribution >= 4 is 0 Å². The van der Waals surface area contributed by atoms with Crippen molar-refractivity contribution in [1.29, 1.82) is 0 Å². The van der Waals surface area contributed by atoms with E-state index in [1.54, 1.807) is 6.07 Å². The van der Waals surface area contributed by atoms with E-state index in [2.05, 4.69) is 5.32 Å². The molecule has 5 heteroatoms. The van der Waals surface area contributed by atoms with E-state index in [9.17, 15) is 13.2 Å². The van der Waals surface area contributed by atoms with Crippen LogP contribution in [0.2, 0.25) is 0 Å². The van der Waals surface area contributed by atoms with E-state index < -0.39 is 17.5 Å². The van der Waals surface area contributed by atoms with Gasteiger partial charge in [-0.1, -0.05) is 13.0 Å². The maximum atomic E-state index is 13.8. The maximum Gasteiger partial charge on any atom is 0.165 e. The van der Waals surface area contributed by atoms with Crippen LogP contribution in [0.4, 0.5) is 13.2 Å². The fraction of sp³-hybridized carbons (Fsp3) is 0.250. The lowest BCUT2D eigenvalue weighted by atomic mass is 10.2. The summed E-state index contributed by atoms with van der Waals surface area (Å²) in [4.78, 5) is 0. The second-order valence-electron chi connectivity index (χ2n) is 4.61. The van der Waals surface area contributed by atoms with E-state index >= 15 is 0 Å². The second-order valence-corrected chi connectivity index (χ2v) is 4.61. The molecule has 2 aromatic carbocycles. The molecule has 0 heterocycles. The standard InChI is InChI=1S/C16H16F3NO/c1-2-20-9-11-3-4-16(15(19)7-11)21-10-12-5-13(17)8-14(18)6-12/h3-8,20H,2,9-10H2,1H3. The first kappa shape index (κ1) is 15.4. The molecule has 0 saturated heterocycles. The first-order chi connectivity index (χ1) is 10.1. The van der Waals surface area contributed by atoms with Crippen molar-refractivity contribution in [2.45, 2.75) is 20.1 Å². The van der Waals surface area contributed by atoms with E-state index in [0.717, 1.165) is 30.3 Å². The molecule has 1 N–H and O–H groups in total. The van der Waals surface area contributed by atoms with Gasteiger partial charge in [-0.25, -0.2) is 13.2 Å². The molecule has 0 amide bonds. The van der Waals surface area contributed by atoms with Crippen LogP contribution in [0.3, 0.4) is 0 Å². The number of hydrogen-bond donors (Lipinski definition) is 1. The molecule has 21 heavy (non-hydrogen) atoms. The van der Waals surface area contributed by atoms with Gasteiger partial charge in [-0.2, -0.15) is 0 Å². The van der Waals surface area contributed by atoms with Gasteiger partial charge in [-0.3, -0.25) is 0 Å². The van der Waals surface area contributed by atoms with Crippen LogP contribution in [0, 0.1) is 17.5 Å². The van der Waals surface area contributed by atoms with Crippen molar-refractivity contribution in [3.63, 3.8) is 0 Å². The number of ether oxygens (including phenoxy) is 1. The molecule has 2 aromatic rings. The van der Waals surface area contributed by atoms with Gasteiger partial charge < -0.3 is 10.1 Å². The fourth-order valence-corrected chi connectivity index (χ4v) is 1.90. The van der Waals surface area contributed by atoms with Crippen LogP contribution in [0.25, 0.3) is 0 Å². The Morgan fingerprint density at radius 3 is 2.29 bits per heavy atom. The fourth-order valence-electron chi connectivity index (χ4n) is 1.90. The zero-order valence-corrected chi connectivity index (χ0v) is 11.6. The summed E-state index contributed by atoms with van der Waals surface area (Å²) in [5.41, 5.74) is 1.11. The Hall–Kier alpha value is -2.01. The molecule has 0 unspecified atom stereocenters. The van der Waals surface area contributed by atoms with Gasteiger partial charge in [0.1, 0.15) is 18.2 Å². The summed E-state index contributed by atoms with van der Waals surface area (Å²) in [6, 6.07) is 7.72. The third kappa shape index (κ3) is 4.49. The zero-order chi connectivity index (χ0) is 15.2. The largest absolute Gasteiger partial charge is 0.486 e. The molecular formula is C16H16F3NO. The molecule has 0 saturated carbocycles. The molecule has 0 bridgehead atoms. The summed E-state index contributed by atoms with van der Waals surface area (Å²) >= 11 is 0. The molecule has 0 radical (unpaired) electrons. The summed E-state index contributed by atoms with van der Waals surface area (Å²) < 4.78 is 45.2. The van der Waals surface area contributed by atoms with Gasteiger partial charge in [0.25, 0.3) is 0 Å². The minimum atomic E-state index is -0.685. The lowest BCUT2D eigenvalue weighted by Gasteiger charge is -2.09. The molecular weight excluding hydrogens is 279 g/mol. The first-order valence-electron chi connectivity index (χ1n) is 6.65. The van der Waals surface area contributed by atoms with Crippen LogP contribution in [-0.4, -0.2) is 6.54 Å². The average Bonchev–Trinajstić information content (AvgIpc) is 2.43. The van der Waals surface area contributed by atoms with E-state index in [-0.39, 0.29) is 12.4 Å². The van der Waals surface area contributed by atoms with Gasteiger partial charge in [0, 0.05) is 12.6 Å². The molecule has 0 aromatic heterocycles. The van der Waals surface area contributed by atoms with Crippen LogP contribution >= 0.6 is 0 Å². The Bertz CT molecular complexity index is 596. The Morgan fingerprint density at radius 2 is 1.67 bits per heavy atom. The predicted octanol–water partition coefficient (Wildman–Crippen LogP) is 3.79. The smallest absolute Gasteiger partial charge is 0.165 e. The van der Waals surface area contributed by atoms with Crippen molar-refractivity contribution < 1.29 is 17.9 Å². The number of halogens is 3. The topological polar surface area (TPSA) is 21.3 Å². The van der Waals surface area contributed by atoms with E-state index in [1.807, 2.05) is 6.92 Å². The van der Waals surface area contributed by atoms with E-state index in [4.69, 9.17) is 4.74 Å². The molecule has 112 valence electrons. The maximum absolute atomic E-state index is 13.8. The molecule has 2 nitrogen and oxygen atoms in total. The summed E-state index contributed by atoms with van der Waals surface area (Å²) in [7, 11) is 0. The molecule has 0 aliphatic rings. The average molecular weight is 295 g/mol. The van der Waals surface area contributed by atoms with Crippen LogP contribution in [0.1, 0.15) is 18.1 Å². The van der Waals surface area contributed by atoms with Crippen molar-refractivity contribution in [1.82, 2.24) is 5.32 Å². The predicted molar refractivity (Wildman–Crippen MR) is 74.5 cm³/mol. The minimum absolute atomic E-state index is 0.0555. The van der Waals surface area contributed by atoms with Crippen molar-refractivity contribution in [3.8, 4) is 5.75 Å². The van der Waals surface area contributed by atoms with Gasteiger partial charge in [-0.05, 0) is 41.9 Å². The lowest BCUT2D eigenvalue weighted by Crippen LogP contribution is -2.11. The molecule has 0 spiro atoms. The Morgan fingerprint density at radius 1 is 0.952 bits per heavy atom. The highest BCUT2D eigenvalue weighted by molar-refractivity contribution is 5.30. The quantitative estimate of drug-likeness (QED) is 0.875. The highest BCUT2D eigenvalue weighted by Gasteiger charge is 2.06. The normalized spacial score (nSPS) is 10.7. The SMILES string of the molecule is CCNCc1ccc(OCc2cc(F)cc(F)c2)c(F)c1. The van der Waals surface area contributed by atoms with Crippen molar-refractivity contribution in [2.24, 2.45) is 0 Å². The summed E-state index contributed by atoms with van der Waals surface area (Å²) in [6.07, 6.45) is 0. The summed E-state index contributed by atoms with van der Waals surface area (Å²) in [5, 5.41) is 3.09. The number of hydrogen-bond acceptors (Lipinski definition) is 2. The molecule has 0 fully saturated rings. The summed E-state index contributed by atoms with van der Waals surface area (Å²) in [6.45, 7) is 3.23. The van der Waals surface area contributed by atoms with Crippen LogP contribution in [0.15, 0.2) is 36.4 Å². The third-order valence-electron chi connectivity index (χ3n) is 2.89. The van der Waals surface area contributed by atoms with Crippen LogP contribution in [0.5, 0.6) is 5.75 Å². The van der Waals surface area contributed by atoms with Crippen LogP contribution < -0.4 is 10.1 Å². The van der Waals surface area contributed by atoms with Gasteiger partial charge in [-0.15, -0.1) is 0 Å². The molecule has 2 rings (SSSR count). The zero-order valence-electron chi connectivity index (χ0n) is 11.6. The van der Waals surface area contributed by atoms with Gasteiger partial charge in [0.15, 0.2) is 11.6 Å². The summed E-state index contributed by atoms with van der Waals surface area (Å²) in [5.74, 6) is -1.81. The van der Waals surface area contributed by atoms with Gasteiger partial charge in [0.05, 0.1) is 0 Å². The molecule has 0 atom stereocenters. The van der Waals surface area contributed by atoms with Crippen LogP contribution in [-0.2, 0) is 13.2 Å². The number of benzene rings is 2. The molecule has 0 aliphatic heterocycles. The van der Waals surface area contributed by atoms with E-state index in [1.165, 1.54) is 12.1 Å². The minimum Gasteiger partial charge on any atom is -0.486 e. The van der Waals surface area contributed by atoms with Gasteiger partial charge in [0.2, 0.25) is 0 Å². The van der Waals surface area contributed by atoms with Crippen molar-refractivity contribution in [3.05, 3.63) is 65.0 Å². The lowest BCUT2D eigenvalue weighted by molar-refractivity contribution is 0.289. The first-order valence-corrected chi connectivity index (χ1v) is 6.65. The molecule has 0 aliphatic carbocycles. The Labute approximate surface area is 121 Å². The Balaban J connectivity index is 2.02. The monoisotopic (exact) mass is 295 g/mol. The second kappa shape index (κ2) is 7.13. The highest BCUT2D eigenvalue weighted by atomic mass is 19.1. The van der Waals surface area contributed by atoms with Gasteiger partial charge >= 0.3 is 0 Å². The third-order valence-corrected chi connectivity index (χ3v) is 2.89. The highest BCUT2D eigenvalue weighted by Crippen LogP contribution is 2.20. The number of rotatable bonds is 6. The van der Waals surface area contributed by atoms with E-state index in [0.29, 0.717) is 12.1 Å². The van der Waals surface area contributed by atoms with Crippen molar-refractivity contribution in [2.75, 3.05) is 6.54 Å². The Kier molecular flexibility index (Phi) is 5.22.